The van der Waals surface area contributed by atoms with Crippen LogP contribution < -0.4 is 5.32 Å². The fraction of sp³-hybridized carbons (Fsp3) is 0.250. The minimum absolute atomic E-state index is 0.0575. The van der Waals surface area contributed by atoms with E-state index in [4.69, 9.17) is 16.7 Å². The Morgan fingerprint density at radius 3 is 2.62 bits per heavy atom. The number of hydrogen-bond acceptors (Lipinski definition) is 2. The molecule has 1 aromatic rings. The molecule has 16 heavy (non-hydrogen) atoms. The van der Waals surface area contributed by atoms with Crippen molar-refractivity contribution in [3.63, 3.8) is 0 Å². The van der Waals surface area contributed by atoms with E-state index in [2.05, 4.69) is 17.2 Å². The van der Waals surface area contributed by atoms with Gasteiger partial charge in [-0.15, -0.1) is 11.6 Å². The van der Waals surface area contributed by atoms with Crippen molar-refractivity contribution < 1.29 is 9.90 Å². The number of carbonyl (C=O) groups is 1. The second-order valence-electron chi connectivity index (χ2n) is 3.03. The molecule has 0 atom stereocenters. The molecule has 0 saturated heterocycles. The van der Waals surface area contributed by atoms with E-state index in [9.17, 15) is 4.79 Å². The first-order valence-electron chi connectivity index (χ1n) is 4.82. The van der Waals surface area contributed by atoms with Crippen molar-refractivity contribution in [3.05, 3.63) is 29.8 Å². The smallest absolute Gasteiger partial charge is 0.239 e. The molecule has 0 heterocycles. The van der Waals surface area contributed by atoms with Gasteiger partial charge in [0, 0.05) is 17.7 Å². The van der Waals surface area contributed by atoms with Gasteiger partial charge in [0.05, 0.1) is 6.61 Å². The summed E-state index contributed by atoms with van der Waals surface area (Å²) in [7, 11) is 0. The summed E-state index contributed by atoms with van der Waals surface area (Å²) in [6.45, 7) is 0.0663. The first-order chi connectivity index (χ1) is 7.76. The number of benzene rings is 1. The van der Waals surface area contributed by atoms with Gasteiger partial charge in [-0.25, -0.2) is 0 Å². The third-order valence-corrected chi connectivity index (χ3v) is 2.00. The Kier molecular flexibility index (Phi) is 5.41. The zero-order chi connectivity index (χ0) is 11.8. The number of aliphatic hydroxyl groups excluding tert-OH is 1. The summed E-state index contributed by atoms with van der Waals surface area (Å²) >= 11 is 5.36. The monoisotopic (exact) mass is 237 g/mol. The van der Waals surface area contributed by atoms with Crippen LogP contribution in [-0.2, 0) is 4.79 Å². The molecule has 0 spiro atoms. The number of carbonyl (C=O) groups excluding carboxylic acids is 1. The summed E-state index contributed by atoms with van der Waals surface area (Å²) in [6, 6.07) is 7.11. The Labute approximate surface area is 99.4 Å². The largest absolute Gasteiger partial charge is 0.395 e. The number of rotatable bonds is 3. The predicted octanol–water partition coefficient (Wildman–Crippen LogP) is 1.60. The van der Waals surface area contributed by atoms with E-state index in [1.54, 1.807) is 24.3 Å². The van der Waals surface area contributed by atoms with Gasteiger partial charge in [-0.2, -0.15) is 0 Å². The quantitative estimate of drug-likeness (QED) is 0.620. The third-order valence-electron chi connectivity index (χ3n) is 1.76. The zero-order valence-electron chi connectivity index (χ0n) is 8.66. The van der Waals surface area contributed by atoms with Gasteiger partial charge in [-0.3, -0.25) is 4.79 Å². The Hall–Kier alpha value is -1.50. The molecule has 0 radical (unpaired) electrons. The van der Waals surface area contributed by atoms with E-state index >= 15 is 0 Å². The molecule has 0 saturated carbocycles. The molecule has 0 aliphatic rings. The van der Waals surface area contributed by atoms with Crippen molar-refractivity contribution in [1.29, 1.82) is 0 Å². The van der Waals surface area contributed by atoms with E-state index in [-0.39, 0.29) is 18.4 Å². The molecule has 0 aliphatic heterocycles. The molecule has 0 bridgehead atoms. The van der Waals surface area contributed by atoms with Crippen LogP contribution in [0.5, 0.6) is 0 Å². The lowest BCUT2D eigenvalue weighted by Crippen LogP contribution is -2.12. The van der Waals surface area contributed by atoms with E-state index in [1.165, 1.54) is 0 Å². The lowest BCUT2D eigenvalue weighted by atomic mass is 10.2. The number of alkyl halides is 1. The number of amides is 1. The molecule has 2 N–H and O–H groups in total. The molecule has 84 valence electrons. The molecular formula is C12H12ClNO2. The summed E-state index contributed by atoms with van der Waals surface area (Å²) in [5.41, 5.74) is 1.54. The molecule has 0 fully saturated rings. The Morgan fingerprint density at radius 2 is 2.06 bits per heavy atom. The maximum Gasteiger partial charge on any atom is 0.239 e. The Morgan fingerprint density at radius 1 is 1.38 bits per heavy atom. The number of aliphatic hydroxyl groups is 1. The number of anilines is 1. The molecule has 1 rings (SSSR count). The SMILES string of the molecule is O=C(CCl)Nc1ccc(C#CCCO)cc1. The summed E-state index contributed by atoms with van der Waals surface area (Å²) in [6.07, 6.45) is 0.463. The highest BCUT2D eigenvalue weighted by Crippen LogP contribution is 2.08. The maximum atomic E-state index is 11.0. The molecule has 3 nitrogen and oxygen atoms in total. The van der Waals surface area contributed by atoms with Gasteiger partial charge >= 0.3 is 0 Å². The van der Waals surface area contributed by atoms with E-state index in [1.807, 2.05) is 0 Å². The van der Waals surface area contributed by atoms with Crippen molar-refractivity contribution in [2.24, 2.45) is 0 Å². The van der Waals surface area contributed by atoms with Gasteiger partial charge in [-0.1, -0.05) is 11.8 Å². The van der Waals surface area contributed by atoms with Crippen molar-refractivity contribution in [3.8, 4) is 11.8 Å². The van der Waals surface area contributed by atoms with Gasteiger partial charge in [0.1, 0.15) is 5.88 Å². The fourth-order valence-electron chi connectivity index (χ4n) is 1.05. The van der Waals surface area contributed by atoms with Gasteiger partial charge in [0.25, 0.3) is 0 Å². The lowest BCUT2D eigenvalue weighted by molar-refractivity contribution is -0.113. The zero-order valence-corrected chi connectivity index (χ0v) is 9.42. The highest BCUT2D eigenvalue weighted by atomic mass is 35.5. The molecular weight excluding hydrogens is 226 g/mol. The summed E-state index contributed by atoms with van der Waals surface area (Å²) in [4.78, 5) is 11.0. The van der Waals surface area contributed by atoms with Crippen molar-refractivity contribution in [1.82, 2.24) is 0 Å². The summed E-state index contributed by atoms with van der Waals surface area (Å²) in [5, 5.41) is 11.2. The van der Waals surface area contributed by atoms with Gasteiger partial charge < -0.3 is 10.4 Å². The highest BCUT2D eigenvalue weighted by Gasteiger charge is 1.98. The second kappa shape index (κ2) is 6.89. The first-order valence-corrected chi connectivity index (χ1v) is 5.35. The van der Waals surface area contributed by atoms with Crippen LogP contribution in [0.3, 0.4) is 0 Å². The third kappa shape index (κ3) is 4.35. The number of hydrogen-bond donors (Lipinski definition) is 2. The first kappa shape index (κ1) is 12.6. The van der Waals surface area contributed by atoms with E-state index in [0.29, 0.717) is 12.1 Å². The fourth-order valence-corrected chi connectivity index (χ4v) is 1.12. The maximum absolute atomic E-state index is 11.0. The second-order valence-corrected chi connectivity index (χ2v) is 3.30. The summed E-state index contributed by atoms with van der Waals surface area (Å²) in [5.74, 6) is 5.41. The number of nitrogens with one attached hydrogen (secondary N) is 1. The Balaban J connectivity index is 2.62. The topological polar surface area (TPSA) is 49.3 Å². The molecule has 0 unspecified atom stereocenters. The highest BCUT2D eigenvalue weighted by molar-refractivity contribution is 6.29. The Bertz CT molecular complexity index is 403. The lowest BCUT2D eigenvalue weighted by Gasteiger charge is -2.01. The average molecular weight is 238 g/mol. The van der Waals surface area contributed by atoms with Crippen molar-refractivity contribution >= 4 is 23.2 Å². The molecule has 4 heteroatoms. The van der Waals surface area contributed by atoms with Crippen LogP contribution in [0.4, 0.5) is 5.69 Å². The van der Waals surface area contributed by atoms with Crippen molar-refractivity contribution in [2.75, 3.05) is 17.8 Å². The van der Waals surface area contributed by atoms with Crippen molar-refractivity contribution in [2.45, 2.75) is 6.42 Å². The average Bonchev–Trinajstić information content (AvgIpc) is 2.31. The standard InChI is InChI=1S/C12H12ClNO2/c13-9-12(16)14-11-6-4-10(5-7-11)3-1-2-8-15/h4-7,15H,2,8-9H2,(H,14,16). The van der Waals surface area contributed by atoms with E-state index < -0.39 is 0 Å². The van der Waals surface area contributed by atoms with Crippen LogP contribution in [0.25, 0.3) is 0 Å². The van der Waals surface area contributed by atoms with Crippen LogP contribution >= 0.6 is 11.6 Å². The van der Waals surface area contributed by atoms with Gasteiger partial charge in [0.15, 0.2) is 0 Å². The van der Waals surface area contributed by atoms with E-state index in [0.717, 1.165) is 5.56 Å². The van der Waals surface area contributed by atoms with Crippen LogP contribution in [0.2, 0.25) is 0 Å². The van der Waals surface area contributed by atoms with Crippen LogP contribution in [0.1, 0.15) is 12.0 Å². The van der Waals surface area contributed by atoms with Crippen LogP contribution in [0, 0.1) is 11.8 Å². The molecule has 1 amide bonds. The molecule has 0 aliphatic carbocycles. The van der Waals surface area contributed by atoms with Crippen LogP contribution in [0.15, 0.2) is 24.3 Å². The predicted molar refractivity (Wildman–Crippen MR) is 64.4 cm³/mol. The van der Waals surface area contributed by atoms with Gasteiger partial charge in [-0.05, 0) is 24.3 Å². The minimum atomic E-state index is -0.235. The van der Waals surface area contributed by atoms with Gasteiger partial charge in [0.2, 0.25) is 5.91 Å². The summed E-state index contributed by atoms with van der Waals surface area (Å²) < 4.78 is 0. The molecule has 0 aromatic heterocycles. The van der Waals surface area contributed by atoms with Crippen LogP contribution in [-0.4, -0.2) is 23.5 Å². The molecule has 1 aromatic carbocycles. The normalized spacial score (nSPS) is 9.12. The number of halogens is 1. The minimum Gasteiger partial charge on any atom is -0.395 e.